The molecule has 0 aliphatic heterocycles. The summed E-state index contributed by atoms with van der Waals surface area (Å²) in [5, 5.41) is 9.63. The van der Waals surface area contributed by atoms with E-state index in [-0.39, 0.29) is 22.7 Å². The SMILES string of the molecule is COC(=O)c1nc(C#N)c2cccnc2c1OC(=O)c1ccccc1. The number of pyridine rings is 2. The second-order valence-corrected chi connectivity index (χ2v) is 4.90. The van der Waals surface area contributed by atoms with E-state index in [0.29, 0.717) is 10.9 Å². The van der Waals surface area contributed by atoms with E-state index in [1.165, 1.54) is 13.3 Å². The number of fused-ring (bicyclic) bond motifs is 1. The van der Waals surface area contributed by atoms with Crippen LogP contribution in [-0.2, 0) is 4.74 Å². The molecule has 0 unspecified atom stereocenters. The van der Waals surface area contributed by atoms with Crippen molar-refractivity contribution in [3.63, 3.8) is 0 Å². The van der Waals surface area contributed by atoms with Gasteiger partial charge in [-0.3, -0.25) is 4.98 Å². The number of nitriles is 1. The maximum atomic E-state index is 12.4. The van der Waals surface area contributed by atoms with Gasteiger partial charge in [-0.2, -0.15) is 5.26 Å². The molecule has 0 radical (unpaired) electrons. The van der Waals surface area contributed by atoms with Crippen molar-refractivity contribution in [1.82, 2.24) is 9.97 Å². The van der Waals surface area contributed by atoms with Gasteiger partial charge in [0.1, 0.15) is 11.6 Å². The summed E-state index contributed by atoms with van der Waals surface area (Å²) in [5.41, 5.74) is 0.183. The number of esters is 2. The Morgan fingerprint density at radius 2 is 1.84 bits per heavy atom. The van der Waals surface area contributed by atoms with E-state index in [4.69, 9.17) is 4.74 Å². The maximum Gasteiger partial charge on any atom is 0.360 e. The summed E-state index contributed by atoms with van der Waals surface area (Å²) in [5.74, 6) is -1.65. The minimum atomic E-state index is -0.833. The number of carbonyl (C=O) groups excluding carboxylic acids is 2. The average Bonchev–Trinajstić information content (AvgIpc) is 2.68. The maximum absolute atomic E-state index is 12.4. The molecule has 3 aromatic rings. The predicted molar refractivity (Wildman–Crippen MR) is 87.0 cm³/mol. The van der Waals surface area contributed by atoms with E-state index in [1.807, 2.05) is 6.07 Å². The lowest BCUT2D eigenvalue weighted by Crippen LogP contribution is -2.15. The van der Waals surface area contributed by atoms with Crippen molar-refractivity contribution in [1.29, 1.82) is 5.26 Å². The van der Waals surface area contributed by atoms with Gasteiger partial charge < -0.3 is 9.47 Å². The number of hydrogen-bond acceptors (Lipinski definition) is 7. The molecule has 2 heterocycles. The molecule has 25 heavy (non-hydrogen) atoms. The van der Waals surface area contributed by atoms with Gasteiger partial charge >= 0.3 is 11.9 Å². The number of ether oxygens (including phenoxy) is 2. The van der Waals surface area contributed by atoms with Gasteiger partial charge in [0.05, 0.1) is 12.7 Å². The van der Waals surface area contributed by atoms with Crippen molar-refractivity contribution in [2.24, 2.45) is 0 Å². The van der Waals surface area contributed by atoms with Crippen LogP contribution in [0.3, 0.4) is 0 Å². The van der Waals surface area contributed by atoms with Crippen molar-refractivity contribution in [2.75, 3.05) is 7.11 Å². The number of benzene rings is 1. The Bertz CT molecular complexity index is 1010. The van der Waals surface area contributed by atoms with Crippen LogP contribution in [0.4, 0.5) is 0 Å². The van der Waals surface area contributed by atoms with Crippen molar-refractivity contribution < 1.29 is 19.1 Å². The largest absolute Gasteiger partial charge is 0.464 e. The van der Waals surface area contributed by atoms with E-state index >= 15 is 0 Å². The quantitative estimate of drug-likeness (QED) is 0.678. The van der Waals surface area contributed by atoms with Gasteiger partial charge in [0.25, 0.3) is 0 Å². The highest BCUT2D eigenvalue weighted by molar-refractivity contribution is 6.02. The number of rotatable bonds is 3. The van der Waals surface area contributed by atoms with E-state index in [1.54, 1.807) is 42.5 Å². The fourth-order valence-electron chi connectivity index (χ4n) is 2.26. The summed E-state index contributed by atoms with van der Waals surface area (Å²) >= 11 is 0. The normalized spacial score (nSPS) is 10.1. The van der Waals surface area contributed by atoms with Crippen LogP contribution in [0.25, 0.3) is 10.9 Å². The van der Waals surface area contributed by atoms with Crippen LogP contribution in [0.1, 0.15) is 26.5 Å². The Kier molecular flexibility index (Phi) is 4.35. The zero-order valence-electron chi connectivity index (χ0n) is 13.1. The van der Waals surface area contributed by atoms with Crippen molar-refractivity contribution in [3.8, 4) is 11.8 Å². The Labute approximate surface area is 142 Å². The monoisotopic (exact) mass is 333 g/mol. The van der Waals surface area contributed by atoms with Crippen LogP contribution >= 0.6 is 0 Å². The molecule has 3 rings (SSSR count). The topological polar surface area (TPSA) is 102 Å². The fourth-order valence-corrected chi connectivity index (χ4v) is 2.26. The van der Waals surface area contributed by atoms with Crippen molar-refractivity contribution >= 4 is 22.8 Å². The number of hydrogen-bond donors (Lipinski definition) is 0. The molecule has 0 bridgehead atoms. The number of methoxy groups -OCH3 is 1. The molecule has 122 valence electrons. The summed E-state index contributed by atoms with van der Waals surface area (Å²) in [7, 11) is 1.17. The van der Waals surface area contributed by atoms with Gasteiger partial charge in [-0.1, -0.05) is 18.2 Å². The molecule has 0 aliphatic carbocycles. The smallest absolute Gasteiger partial charge is 0.360 e. The molecular weight excluding hydrogens is 322 g/mol. The lowest BCUT2D eigenvalue weighted by Gasteiger charge is -2.11. The number of aromatic nitrogens is 2. The van der Waals surface area contributed by atoms with Crippen LogP contribution in [0.2, 0.25) is 0 Å². The lowest BCUT2D eigenvalue weighted by atomic mass is 10.1. The molecule has 7 nitrogen and oxygen atoms in total. The first-order valence-electron chi connectivity index (χ1n) is 7.20. The molecule has 0 fully saturated rings. The molecule has 0 saturated carbocycles. The molecule has 1 aromatic carbocycles. The van der Waals surface area contributed by atoms with Crippen LogP contribution in [0, 0.1) is 11.3 Å². The van der Waals surface area contributed by atoms with Gasteiger partial charge in [-0.15, -0.1) is 0 Å². The van der Waals surface area contributed by atoms with Crippen molar-refractivity contribution in [3.05, 3.63) is 65.6 Å². The third-order valence-electron chi connectivity index (χ3n) is 3.41. The van der Waals surface area contributed by atoms with Gasteiger partial charge in [-0.25, -0.2) is 14.6 Å². The second-order valence-electron chi connectivity index (χ2n) is 4.90. The van der Waals surface area contributed by atoms with E-state index in [0.717, 1.165) is 0 Å². The Hall–Kier alpha value is -3.79. The standard InChI is InChI=1S/C18H11N3O4/c1-24-18(23)15-16(25-17(22)11-6-3-2-4-7-11)14-12(8-5-9-20-14)13(10-19)21-15/h2-9H,1H3. The molecule has 7 heteroatoms. The molecule has 0 atom stereocenters. The van der Waals surface area contributed by atoms with Crippen molar-refractivity contribution in [2.45, 2.75) is 0 Å². The third-order valence-corrected chi connectivity index (χ3v) is 3.41. The molecule has 0 spiro atoms. The molecule has 0 amide bonds. The van der Waals surface area contributed by atoms with E-state index < -0.39 is 11.9 Å². The summed E-state index contributed by atoms with van der Waals surface area (Å²) in [4.78, 5) is 32.6. The molecule has 0 saturated heterocycles. The molecular formula is C18H11N3O4. The first-order valence-corrected chi connectivity index (χ1v) is 7.20. The third kappa shape index (κ3) is 3.01. The molecule has 2 aromatic heterocycles. The number of nitrogens with zero attached hydrogens (tertiary/aromatic N) is 3. The van der Waals surface area contributed by atoms with Gasteiger partial charge in [0.15, 0.2) is 17.1 Å². The lowest BCUT2D eigenvalue weighted by molar-refractivity contribution is 0.0586. The highest BCUT2D eigenvalue weighted by atomic mass is 16.5. The minimum Gasteiger partial charge on any atom is -0.464 e. The van der Waals surface area contributed by atoms with E-state index in [9.17, 15) is 14.9 Å². The highest BCUT2D eigenvalue weighted by Gasteiger charge is 2.24. The Balaban J connectivity index is 2.20. The average molecular weight is 333 g/mol. The van der Waals surface area contributed by atoms with Crippen LogP contribution in [-0.4, -0.2) is 29.0 Å². The summed E-state index contributed by atoms with van der Waals surface area (Å²) in [6.07, 6.45) is 1.46. The summed E-state index contributed by atoms with van der Waals surface area (Å²) < 4.78 is 10.1. The minimum absolute atomic E-state index is 0.0111. The zero-order chi connectivity index (χ0) is 17.8. The number of carbonyl (C=O) groups is 2. The first kappa shape index (κ1) is 16.1. The summed E-state index contributed by atoms with van der Waals surface area (Å²) in [6.45, 7) is 0. The fraction of sp³-hybridized carbons (Fsp3) is 0.0556. The van der Waals surface area contributed by atoms with Gasteiger partial charge in [0, 0.05) is 11.6 Å². The second kappa shape index (κ2) is 6.76. The summed E-state index contributed by atoms with van der Waals surface area (Å²) in [6, 6.07) is 13.4. The van der Waals surface area contributed by atoms with E-state index in [2.05, 4.69) is 14.7 Å². The highest BCUT2D eigenvalue weighted by Crippen LogP contribution is 2.30. The predicted octanol–water partition coefficient (Wildman–Crippen LogP) is 2.51. The zero-order valence-corrected chi connectivity index (χ0v) is 13.1. The Morgan fingerprint density at radius 1 is 1.08 bits per heavy atom. The van der Waals surface area contributed by atoms with Crippen LogP contribution in [0.5, 0.6) is 5.75 Å². The molecule has 0 aliphatic rings. The van der Waals surface area contributed by atoms with Crippen LogP contribution < -0.4 is 4.74 Å². The van der Waals surface area contributed by atoms with Crippen LogP contribution in [0.15, 0.2) is 48.7 Å². The van der Waals surface area contributed by atoms with Gasteiger partial charge in [0.2, 0.25) is 0 Å². The van der Waals surface area contributed by atoms with Gasteiger partial charge in [-0.05, 0) is 24.3 Å². The Morgan fingerprint density at radius 3 is 2.52 bits per heavy atom. The first-order chi connectivity index (χ1) is 12.2. The molecule has 0 N–H and O–H groups in total.